The first kappa shape index (κ1) is 17.6. The van der Waals surface area contributed by atoms with E-state index in [9.17, 15) is 0 Å². The summed E-state index contributed by atoms with van der Waals surface area (Å²) in [5.41, 5.74) is 0. The second kappa shape index (κ2) is 10.5. The van der Waals surface area contributed by atoms with E-state index in [1.165, 1.54) is 12.8 Å². The lowest BCUT2D eigenvalue weighted by atomic mass is 10.4. The molecule has 1 unspecified atom stereocenters. The van der Waals surface area contributed by atoms with E-state index in [4.69, 9.17) is 8.85 Å². The fourth-order valence-electron chi connectivity index (χ4n) is 1.81. The van der Waals surface area contributed by atoms with E-state index in [0.717, 1.165) is 38.5 Å². The summed E-state index contributed by atoms with van der Waals surface area (Å²) >= 11 is 3.80. The van der Waals surface area contributed by atoms with Gasteiger partial charge in [-0.15, -0.1) is 0 Å². The van der Waals surface area contributed by atoms with Gasteiger partial charge < -0.3 is 8.85 Å². The van der Waals surface area contributed by atoms with Crippen molar-refractivity contribution >= 4 is 24.5 Å². The van der Waals surface area contributed by atoms with Gasteiger partial charge in [0.15, 0.2) is 0 Å². The topological polar surface area (TPSA) is 18.5 Å². The molecular weight excluding hydrogens is 296 g/mol. The first-order valence-electron chi connectivity index (χ1n) is 7.08. The Labute approximate surface area is 117 Å². The lowest BCUT2D eigenvalue weighted by Gasteiger charge is -2.34. The first-order chi connectivity index (χ1) is 8.16. The van der Waals surface area contributed by atoms with Crippen molar-refractivity contribution in [3.8, 4) is 0 Å². The molecule has 0 aromatic heterocycles. The summed E-state index contributed by atoms with van der Waals surface area (Å²) in [6.07, 6.45) is 5.65. The summed E-state index contributed by atoms with van der Waals surface area (Å²) in [6.45, 7) is 10.4. The quantitative estimate of drug-likeness (QED) is 0.401. The Hall–Kier alpha value is 0.617. The highest BCUT2D eigenvalue weighted by molar-refractivity contribution is 9.10. The molecule has 0 bridgehead atoms. The second-order valence-electron chi connectivity index (χ2n) is 4.49. The van der Waals surface area contributed by atoms with E-state index in [2.05, 4.69) is 43.6 Å². The van der Waals surface area contributed by atoms with Gasteiger partial charge in [-0.05, 0) is 25.3 Å². The third-order valence-electron chi connectivity index (χ3n) is 2.82. The molecule has 0 aliphatic heterocycles. The predicted molar refractivity (Wildman–Crippen MR) is 81.0 cm³/mol. The Bertz CT molecular complexity index is 157. The monoisotopic (exact) mass is 324 g/mol. The molecule has 0 aromatic carbocycles. The van der Waals surface area contributed by atoms with Crippen molar-refractivity contribution in [3.05, 3.63) is 0 Å². The van der Waals surface area contributed by atoms with Gasteiger partial charge in [-0.3, -0.25) is 0 Å². The van der Waals surface area contributed by atoms with E-state index in [-0.39, 0.29) is 0 Å². The summed E-state index contributed by atoms with van der Waals surface area (Å²) in [4.78, 5) is 0. The van der Waals surface area contributed by atoms with E-state index in [1.807, 2.05) is 0 Å². The summed E-state index contributed by atoms with van der Waals surface area (Å²) in [7, 11) is -2.05. The standard InChI is InChI=1S/C13H29BrO2Si/c1-5-9-12-17(13(14)8-4,15-10-6-2)16-11-7-3/h13H,5-12H2,1-4H3. The molecule has 0 amide bonds. The zero-order chi connectivity index (χ0) is 13.1. The molecule has 0 heterocycles. The van der Waals surface area contributed by atoms with Crippen LogP contribution in [0.4, 0.5) is 0 Å². The third kappa shape index (κ3) is 6.37. The molecule has 4 heteroatoms. The van der Waals surface area contributed by atoms with Crippen molar-refractivity contribution in [2.45, 2.75) is 70.3 Å². The van der Waals surface area contributed by atoms with Gasteiger partial charge in [0.05, 0.1) is 4.45 Å². The van der Waals surface area contributed by atoms with Crippen LogP contribution in [0.3, 0.4) is 0 Å². The molecule has 0 saturated carbocycles. The molecule has 0 rings (SSSR count). The molecule has 0 fully saturated rings. The fraction of sp³-hybridized carbons (Fsp3) is 1.00. The van der Waals surface area contributed by atoms with Crippen molar-refractivity contribution in [3.63, 3.8) is 0 Å². The maximum Gasteiger partial charge on any atom is 0.352 e. The summed E-state index contributed by atoms with van der Waals surface area (Å²) in [5, 5.41) is 0. The minimum absolute atomic E-state index is 0.416. The maximum atomic E-state index is 6.21. The van der Waals surface area contributed by atoms with Gasteiger partial charge in [0.25, 0.3) is 0 Å². The van der Waals surface area contributed by atoms with Gasteiger partial charge in [-0.1, -0.05) is 56.5 Å². The fourth-order valence-corrected chi connectivity index (χ4v) is 6.90. The molecule has 1 atom stereocenters. The minimum Gasteiger partial charge on any atom is -0.394 e. The number of halogens is 1. The molecule has 0 saturated heterocycles. The highest BCUT2D eigenvalue weighted by Gasteiger charge is 2.43. The van der Waals surface area contributed by atoms with Crippen molar-refractivity contribution < 1.29 is 8.85 Å². The van der Waals surface area contributed by atoms with Crippen LogP contribution in [0.2, 0.25) is 6.04 Å². The van der Waals surface area contributed by atoms with Crippen LogP contribution in [-0.2, 0) is 8.85 Å². The summed E-state index contributed by atoms with van der Waals surface area (Å²) in [5.74, 6) is 0. The SMILES string of the molecule is CCCC[Si](OCCC)(OCCC)C(Br)CC. The van der Waals surface area contributed by atoms with Crippen LogP contribution in [0.15, 0.2) is 0 Å². The van der Waals surface area contributed by atoms with E-state index >= 15 is 0 Å². The van der Waals surface area contributed by atoms with E-state index in [1.54, 1.807) is 0 Å². The number of hydrogen-bond acceptors (Lipinski definition) is 2. The lowest BCUT2D eigenvalue weighted by molar-refractivity contribution is 0.164. The molecule has 17 heavy (non-hydrogen) atoms. The van der Waals surface area contributed by atoms with Crippen LogP contribution in [-0.4, -0.2) is 26.2 Å². The molecule has 2 nitrogen and oxygen atoms in total. The average molecular weight is 325 g/mol. The maximum absolute atomic E-state index is 6.21. The van der Waals surface area contributed by atoms with Gasteiger partial charge in [-0.2, -0.15) is 0 Å². The smallest absolute Gasteiger partial charge is 0.352 e. The van der Waals surface area contributed by atoms with Gasteiger partial charge in [0, 0.05) is 13.2 Å². The number of unbranched alkanes of at least 4 members (excludes halogenated alkanes) is 1. The van der Waals surface area contributed by atoms with Crippen molar-refractivity contribution in [1.82, 2.24) is 0 Å². The Morgan fingerprint density at radius 2 is 1.47 bits per heavy atom. The normalized spacial score (nSPS) is 13.9. The lowest BCUT2D eigenvalue weighted by Crippen LogP contribution is -2.51. The largest absolute Gasteiger partial charge is 0.394 e. The van der Waals surface area contributed by atoms with Crippen LogP contribution in [0, 0.1) is 0 Å². The van der Waals surface area contributed by atoms with E-state index in [0.29, 0.717) is 4.45 Å². The average Bonchev–Trinajstić information content (AvgIpc) is 2.37. The summed E-state index contributed by atoms with van der Waals surface area (Å²) in [6, 6.07) is 1.12. The summed E-state index contributed by atoms with van der Waals surface area (Å²) < 4.78 is 12.8. The molecule has 0 radical (unpaired) electrons. The molecule has 0 spiro atoms. The number of hydrogen-bond donors (Lipinski definition) is 0. The van der Waals surface area contributed by atoms with Crippen LogP contribution in [0.25, 0.3) is 0 Å². The number of rotatable bonds is 11. The van der Waals surface area contributed by atoms with Crippen LogP contribution in [0.1, 0.15) is 59.8 Å². The predicted octanol–water partition coefficient (Wildman–Crippen LogP) is 4.79. The van der Waals surface area contributed by atoms with Crippen LogP contribution < -0.4 is 0 Å². The molecule has 104 valence electrons. The van der Waals surface area contributed by atoms with Crippen molar-refractivity contribution in [2.24, 2.45) is 0 Å². The first-order valence-corrected chi connectivity index (χ1v) is 10.1. The van der Waals surface area contributed by atoms with E-state index < -0.39 is 8.56 Å². The Kier molecular flexibility index (Phi) is 10.9. The Balaban J connectivity index is 4.63. The Morgan fingerprint density at radius 1 is 0.941 bits per heavy atom. The molecule has 0 N–H and O–H groups in total. The highest BCUT2D eigenvalue weighted by Crippen LogP contribution is 2.29. The second-order valence-corrected chi connectivity index (χ2v) is 9.84. The highest BCUT2D eigenvalue weighted by atomic mass is 79.9. The zero-order valence-electron chi connectivity index (χ0n) is 11.9. The number of alkyl halides is 1. The Morgan fingerprint density at radius 3 is 1.82 bits per heavy atom. The van der Waals surface area contributed by atoms with Crippen molar-refractivity contribution in [2.75, 3.05) is 13.2 Å². The van der Waals surface area contributed by atoms with Gasteiger partial charge in [0.1, 0.15) is 0 Å². The van der Waals surface area contributed by atoms with Crippen LogP contribution in [0.5, 0.6) is 0 Å². The molecule has 0 aliphatic carbocycles. The minimum atomic E-state index is -2.05. The molecule has 0 aliphatic rings. The third-order valence-corrected chi connectivity index (χ3v) is 9.35. The van der Waals surface area contributed by atoms with Gasteiger partial charge in [-0.25, -0.2) is 0 Å². The zero-order valence-corrected chi connectivity index (χ0v) is 14.5. The van der Waals surface area contributed by atoms with Gasteiger partial charge >= 0.3 is 8.56 Å². The molecule has 0 aromatic rings. The van der Waals surface area contributed by atoms with Crippen LogP contribution >= 0.6 is 15.9 Å². The molecular formula is C13H29BrO2Si. The van der Waals surface area contributed by atoms with Crippen molar-refractivity contribution in [1.29, 1.82) is 0 Å². The van der Waals surface area contributed by atoms with Gasteiger partial charge in [0.2, 0.25) is 0 Å².